The Bertz CT molecular complexity index is 1760. The molecule has 3 aromatic rings. The van der Waals surface area contributed by atoms with E-state index in [2.05, 4.69) is 5.32 Å². The highest BCUT2D eigenvalue weighted by Crippen LogP contribution is 2.45. The number of amides is 4. The van der Waals surface area contributed by atoms with Gasteiger partial charge in [0.25, 0.3) is 5.91 Å². The molecule has 0 aromatic heterocycles. The molecular formula is C32H27F4N3O8. The second kappa shape index (κ2) is 12.9. The summed E-state index contributed by atoms with van der Waals surface area (Å²) in [5.41, 5.74) is 0.100. The first-order valence-corrected chi connectivity index (χ1v) is 14.6. The normalized spacial score (nSPS) is 19.3. The summed E-state index contributed by atoms with van der Waals surface area (Å²) in [5, 5.41) is 2.25. The Balaban J connectivity index is 1.40. The Morgan fingerprint density at radius 3 is 2.34 bits per heavy atom. The predicted molar refractivity (Wildman–Crippen MR) is 154 cm³/mol. The third-order valence-corrected chi connectivity index (χ3v) is 7.98. The maximum atomic E-state index is 15.8. The molecular weight excluding hydrogens is 630 g/mol. The number of piperidine rings is 1. The standard InChI is InChI=1S/C32H27F4N3O8/c1-44-32(43)39(23-7-5-17(11-20(23)33)46-19-12-21(34)28(36)22(35)13-19)24-6-4-16-14-38(25-8-9-26(40)37-30(25)41)31(42)27(16)29(24)47-18-3-2-10-45-15-18/h4-7,11-13,18,25H,2-3,8-10,14-15H2,1H3,(H,37,40,41)/t18-,25?/m1/s1. The fourth-order valence-electron chi connectivity index (χ4n) is 5.75. The number of hydrogen-bond donors (Lipinski definition) is 1. The molecule has 0 saturated carbocycles. The molecule has 3 aliphatic heterocycles. The molecule has 3 aromatic carbocycles. The minimum absolute atomic E-state index is 0.0153. The number of imide groups is 1. The van der Waals surface area contributed by atoms with Gasteiger partial charge in [0, 0.05) is 37.8 Å². The summed E-state index contributed by atoms with van der Waals surface area (Å²) in [7, 11) is 1.07. The molecule has 1 N–H and O–H groups in total. The molecule has 1 unspecified atom stereocenters. The zero-order chi connectivity index (χ0) is 33.4. The third kappa shape index (κ3) is 6.17. The Kier molecular flexibility index (Phi) is 8.73. The first kappa shape index (κ1) is 31.8. The van der Waals surface area contributed by atoms with Gasteiger partial charge in [-0.15, -0.1) is 0 Å². The van der Waals surface area contributed by atoms with Crippen LogP contribution >= 0.6 is 0 Å². The number of halogens is 4. The van der Waals surface area contributed by atoms with E-state index in [4.69, 9.17) is 18.9 Å². The van der Waals surface area contributed by atoms with Crippen LogP contribution in [0, 0.1) is 23.3 Å². The number of methoxy groups -OCH3 is 1. The smallest absolute Gasteiger partial charge is 0.418 e. The van der Waals surface area contributed by atoms with Crippen LogP contribution in [-0.4, -0.2) is 61.2 Å². The number of carbonyl (C=O) groups is 4. The predicted octanol–water partition coefficient (Wildman–Crippen LogP) is 5.26. The lowest BCUT2D eigenvalue weighted by molar-refractivity contribution is -0.136. The van der Waals surface area contributed by atoms with E-state index in [0.29, 0.717) is 37.1 Å². The highest BCUT2D eigenvalue weighted by atomic mass is 19.2. The second-order valence-electron chi connectivity index (χ2n) is 11.0. The molecule has 0 spiro atoms. The van der Waals surface area contributed by atoms with E-state index in [0.717, 1.165) is 24.1 Å². The molecule has 6 rings (SSSR count). The fourth-order valence-corrected chi connectivity index (χ4v) is 5.75. The molecule has 2 fully saturated rings. The zero-order valence-corrected chi connectivity index (χ0v) is 24.8. The number of hydrogen-bond acceptors (Lipinski definition) is 8. The average Bonchev–Trinajstić information content (AvgIpc) is 3.38. The van der Waals surface area contributed by atoms with Gasteiger partial charge in [-0.05, 0) is 43.0 Å². The highest BCUT2D eigenvalue weighted by Gasteiger charge is 2.42. The highest BCUT2D eigenvalue weighted by molar-refractivity contribution is 6.09. The summed E-state index contributed by atoms with van der Waals surface area (Å²) in [6.07, 6.45) is -0.221. The van der Waals surface area contributed by atoms with Gasteiger partial charge in [-0.25, -0.2) is 27.3 Å². The van der Waals surface area contributed by atoms with E-state index in [1.54, 1.807) is 6.07 Å². The minimum Gasteiger partial charge on any atom is -0.485 e. The largest absolute Gasteiger partial charge is 0.485 e. The van der Waals surface area contributed by atoms with Crippen molar-refractivity contribution in [2.24, 2.45) is 0 Å². The SMILES string of the molecule is COC(=O)N(c1ccc(Oc2cc(F)c(F)c(F)c2)cc1F)c1ccc2c(c1O[C@@H]1CCCOC1)C(=O)N(C1CCC(=O)NC1=O)C2. The average molecular weight is 658 g/mol. The molecule has 246 valence electrons. The van der Waals surface area contributed by atoms with E-state index in [-0.39, 0.29) is 54.4 Å². The van der Waals surface area contributed by atoms with Crippen LogP contribution in [0.25, 0.3) is 0 Å². The summed E-state index contributed by atoms with van der Waals surface area (Å²) in [5.74, 6) is -8.14. The van der Waals surface area contributed by atoms with Crippen LogP contribution < -0.4 is 19.7 Å². The molecule has 11 nitrogen and oxygen atoms in total. The van der Waals surface area contributed by atoms with Crippen molar-refractivity contribution in [2.45, 2.75) is 44.4 Å². The number of anilines is 2. The molecule has 0 aliphatic carbocycles. The molecule has 3 heterocycles. The summed E-state index contributed by atoms with van der Waals surface area (Å²) >= 11 is 0. The Morgan fingerprint density at radius 2 is 1.68 bits per heavy atom. The maximum absolute atomic E-state index is 15.8. The van der Waals surface area contributed by atoms with Crippen LogP contribution in [0.1, 0.15) is 41.6 Å². The van der Waals surface area contributed by atoms with E-state index in [1.807, 2.05) is 0 Å². The van der Waals surface area contributed by atoms with Crippen LogP contribution in [-0.2, 0) is 25.6 Å². The molecule has 47 heavy (non-hydrogen) atoms. The molecule has 4 amide bonds. The van der Waals surface area contributed by atoms with E-state index < -0.39 is 65.0 Å². The van der Waals surface area contributed by atoms with Gasteiger partial charge in [-0.1, -0.05) is 6.07 Å². The van der Waals surface area contributed by atoms with Gasteiger partial charge in [-0.3, -0.25) is 19.7 Å². The monoisotopic (exact) mass is 657 g/mol. The van der Waals surface area contributed by atoms with E-state index in [9.17, 15) is 32.3 Å². The van der Waals surface area contributed by atoms with Gasteiger partial charge in [0.1, 0.15) is 23.6 Å². The van der Waals surface area contributed by atoms with Crippen LogP contribution in [0.4, 0.5) is 33.7 Å². The molecule has 15 heteroatoms. The van der Waals surface area contributed by atoms with Crippen molar-refractivity contribution >= 4 is 35.2 Å². The minimum atomic E-state index is -1.70. The van der Waals surface area contributed by atoms with E-state index in [1.165, 1.54) is 17.0 Å². The lowest BCUT2D eigenvalue weighted by Gasteiger charge is -2.30. The molecule has 3 aliphatic rings. The van der Waals surface area contributed by atoms with Gasteiger partial charge in [0.2, 0.25) is 11.8 Å². The molecule has 0 radical (unpaired) electrons. The van der Waals surface area contributed by atoms with Crippen molar-refractivity contribution in [1.29, 1.82) is 0 Å². The topological polar surface area (TPSA) is 124 Å². The van der Waals surface area contributed by atoms with Crippen molar-refractivity contribution in [3.63, 3.8) is 0 Å². The first-order valence-electron chi connectivity index (χ1n) is 14.6. The number of carbonyl (C=O) groups excluding carboxylic acids is 4. The quantitative estimate of drug-likeness (QED) is 0.208. The lowest BCUT2D eigenvalue weighted by Crippen LogP contribution is -2.52. The van der Waals surface area contributed by atoms with Crippen molar-refractivity contribution in [1.82, 2.24) is 10.2 Å². The number of nitrogens with one attached hydrogen (secondary N) is 1. The lowest BCUT2D eigenvalue weighted by atomic mass is 10.0. The summed E-state index contributed by atoms with van der Waals surface area (Å²) in [4.78, 5) is 53.8. The van der Waals surface area contributed by atoms with Crippen molar-refractivity contribution in [3.8, 4) is 17.2 Å². The molecule has 0 bridgehead atoms. The number of rotatable bonds is 7. The Morgan fingerprint density at radius 1 is 0.957 bits per heavy atom. The van der Waals surface area contributed by atoms with Gasteiger partial charge < -0.3 is 23.8 Å². The fraction of sp³-hybridized carbons (Fsp3) is 0.312. The Labute approximate surface area is 264 Å². The number of benzene rings is 3. The van der Waals surface area contributed by atoms with Gasteiger partial charge in [0.15, 0.2) is 29.0 Å². The number of fused-ring (bicyclic) bond motifs is 1. The summed E-state index contributed by atoms with van der Waals surface area (Å²) < 4.78 is 78.7. The second-order valence-corrected chi connectivity index (χ2v) is 11.0. The third-order valence-electron chi connectivity index (χ3n) is 7.98. The van der Waals surface area contributed by atoms with Crippen molar-refractivity contribution < 1.29 is 55.7 Å². The zero-order valence-electron chi connectivity index (χ0n) is 24.8. The summed E-state index contributed by atoms with van der Waals surface area (Å²) in [6, 6.07) is 6.41. The van der Waals surface area contributed by atoms with E-state index >= 15 is 4.39 Å². The van der Waals surface area contributed by atoms with Crippen molar-refractivity contribution in [3.05, 3.63) is 76.9 Å². The number of nitrogens with zero attached hydrogens (tertiary/aromatic N) is 2. The first-order chi connectivity index (χ1) is 22.5. The van der Waals surface area contributed by atoms with Gasteiger partial charge >= 0.3 is 6.09 Å². The van der Waals surface area contributed by atoms with Crippen LogP contribution in [0.3, 0.4) is 0 Å². The summed E-state index contributed by atoms with van der Waals surface area (Å²) in [6.45, 7) is 0.700. The van der Waals surface area contributed by atoms with Crippen LogP contribution in [0.5, 0.6) is 17.2 Å². The maximum Gasteiger partial charge on any atom is 0.418 e. The molecule has 2 atom stereocenters. The van der Waals surface area contributed by atoms with Crippen LogP contribution in [0.15, 0.2) is 42.5 Å². The van der Waals surface area contributed by atoms with Crippen molar-refractivity contribution in [2.75, 3.05) is 25.2 Å². The molecule has 2 saturated heterocycles. The number of ether oxygens (including phenoxy) is 4. The van der Waals surface area contributed by atoms with Crippen LogP contribution in [0.2, 0.25) is 0 Å². The Hall–Kier alpha value is -5.18. The van der Waals surface area contributed by atoms with Gasteiger partial charge in [-0.2, -0.15) is 0 Å². The van der Waals surface area contributed by atoms with Gasteiger partial charge in [0.05, 0.1) is 30.7 Å².